The molecule has 706 valence electrons. The highest BCUT2D eigenvalue weighted by molar-refractivity contribution is 7.46. The summed E-state index contributed by atoms with van der Waals surface area (Å²) in [4.78, 5) is 106. The van der Waals surface area contributed by atoms with Crippen molar-refractivity contribution in [1.29, 1.82) is 0 Å². The number of rotatable bonds is 84. The molecule has 2 fully saturated rings. The number of aliphatic hydroxyl groups is 4. The second kappa shape index (κ2) is 76.8. The van der Waals surface area contributed by atoms with Gasteiger partial charge in [-0.05, 0) is 57.8 Å². The van der Waals surface area contributed by atoms with Gasteiger partial charge >= 0.3 is 31.7 Å². The Morgan fingerprint density at radius 1 is 0.333 bits per heavy atom. The van der Waals surface area contributed by atoms with Crippen molar-refractivity contribution in [2.24, 2.45) is 0 Å². The van der Waals surface area contributed by atoms with E-state index in [1.807, 2.05) is 0 Å². The molecule has 0 aromatic heterocycles. The number of hydrogen-bond donors (Lipinski definition) is 8. The fourth-order valence-corrected chi connectivity index (χ4v) is 17.3. The van der Waals surface area contributed by atoms with Gasteiger partial charge in [0.25, 0.3) is 0 Å². The molecule has 0 aromatic rings. The fraction of sp³-hybridized carbons (Fsp3) is 0.938. The number of carbonyl (C=O) groups is 6. The Kier molecular flexibility index (Phi) is 72.2. The molecule has 120 heavy (non-hydrogen) atoms. The van der Waals surface area contributed by atoms with Crippen LogP contribution in [0.3, 0.4) is 0 Å². The van der Waals surface area contributed by atoms with E-state index in [4.69, 9.17) is 37.7 Å². The predicted molar refractivity (Wildman–Crippen MR) is 478 cm³/mol. The van der Waals surface area contributed by atoms with Crippen LogP contribution in [0, 0.1) is 0 Å². The van der Waals surface area contributed by atoms with Crippen LogP contribution in [0.5, 0.6) is 0 Å². The molecule has 4 unspecified atom stereocenters. The molecule has 13 atom stereocenters. The van der Waals surface area contributed by atoms with Crippen molar-refractivity contribution in [3.63, 3.8) is 0 Å². The molecule has 0 bridgehead atoms. The highest BCUT2D eigenvalue weighted by Crippen LogP contribution is 2.43. The van der Waals surface area contributed by atoms with Crippen molar-refractivity contribution in [2.75, 3.05) is 13.2 Å². The third kappa shape index (κ3) is 60.3. The number of unbranched alkanes of at least 4 members (excludes halogenated alkanes) is 54. The summed E-state index contributed by atoms with van der Waals surface area (Å²) in [6.45, 7) is 11.4. The zero-order valence-corrected chi connectivity index (χ0v) is 77.9. The molecule has 2 rings (SSSR count). The summed E-state index contributed by atoms with van der Waals surface area (Å²) >= 11 is 0. The molecule has 23 nitrogen and oxygen atoms in total. The molecule has 2 amide bonds. The number of esters is 4. The van der Waals surface area contributed by atoms with Gasteiger partial charge in [0.15, 0.2) is 18.7 Å². The third-order valence-electron chi connectivity index (χ3n) is 24.1. The summed E-state index contributed by atoms with van der Waals surface area (Å²) in [5.41, 5.74) is 0. The van der Waals surface area contributed by atoms with E-state index in [-0.39, 0.29) is 32.1 Å². The Bertz CT molecular complexity index is 2510. The van der Waals surface area contributed by atoms with Crippen LogP contribution in [-0.4, -0.2) is 159 Å². The van der Waals surface area contributed by atoms with E-state index in [9.17, 15) is 63.5 Å². The van der Waals surface area contributed by atoms with Gasteiger partial charge in [-0.1, -0.05) is 388 Å². The van der Waals surface area contributed by atoms with Crippen LogP contribution in [0.1, 0.15) is 485 Å². The van der Waals surface area contributed by atoms with Gasteiger partial charge < -0.3 is 74.0 Å². The summed E-state index contributed by atoms with van der Waals surface area (Å²) in [7, 11) is -5.58. The molecule has 24 heteroatoms. The highest BCUT2D eigenvalue weighted by atomic mass is 31.2. The second-order valence-corrected chi connectivity index (χ2v) is 36.7. The first kappa shape index (κ1) is 113. The predicted octanol–water partition coefficient (Wildman–Crippen LogP) is 22.3. The second-order valence-electron chi connectivity index (χ2n) is 35.5. The topological polar surface area (TPSA) is 339 Å². The Morgan fingerprint density at radius 3 is 0.900 bits per heavy atom. The minimum absolute atomic E-state index is 0.124. The van der Waals surface area contributed by atoms with Crippen molar-refractivity contribution in [2.45, 2.75) is 564 Å². The summed E-state index contributed by atoms with van der Waals surface area (Å²) in [5, 5.41) is 51.8. The van der Waals surface area contributed by atoms with E-state index in [2.05, 4.69) is 52.2 Å². The van der Waals surface area contributed by atoms with Crippen LogP contribution in [0.4, 0.5) is 0 Å². The highest BCUT2D eigenvalue weighted by Gasteiger charge is 2.53. The molecule has 0 saturated carbocycles. The van der Waals surface area contributed by atoms with Crippen LogP contribution in [0.2, 0.25) is 0 Å². The first-order chi connectivity index (χ1) is 58.2. The van der Waals surface area contributed by atoms with E-state index >= 15 is 0 Å². The quantitative estimate of drug-likeness (QED) is 0.0121. The van der Waals surface area contributed by atoms with Crippen molar-refractivity contribution >= 4 is 43.5 Å². The maximum atomic E-state index is 15.0. The lowest BCUT2D eigenvalue weighted by atomic mass is 9.95. The van der Waals surface area contributed by atoms with Gasteiger partial charge in [-0.2, -0.15) is 0 Å². The van der Waals surface area contributed by atoms with Crippen molar-refractivity contribution in [1.82, 2.24) is 10.6 Å². The number of nitrogens with one attached hydrogen (secondary N) is 2. The van der Waals surface area contributed by atoms with E-state index in [0.717, 1.165) is 173 Å². The van der Waals surface area contributed by atoms with Gasteiger partial charge in [-0.3, -0.25) is 33.3 Å². The summed E-state index contributed by atoms with van der Waals surface area (Å²) in [6, 6.07) is -3.37. The van der Waals surface area contributed by atoms with Gasteiger partial charge in [0.2, 0.25) is 11.8 Å². The lowest BCUT2D eigenvalue weighted by Gasteiger charge is -2.46. The van der Waals surface area contributed by atoms with Crippen LogP contribution in [-0.2, 0) is 71.0 Å². The van der Waals surface area contributed by atoms with E-state index in [1.165, 1.54) is 173 Å². The number of ether oxygens (including phenoxy) is 7. The first-order valence-electron chi connectivity index (χ1n) is 49.9. The number of phosphoric acid groups is 1. The number of aliphatic hydroxyl groups excluding tert-OH is 4. The fourth-order valence-electron chi connectivity index (χ4n) is 16.7. The minimum Gasteiger partial charge on any atom is -0.462 e. The average molecular weight is 1730 g/mol. The normalized spacial score (nSPS) is 20.2. The lowest BCUT2D eigenvalue weighted by molar-refractivity contribution is -0.297. The zero-order valence-electron chi connectivity index (χ0n) is 77.0. The molecule has 2 saturated heterocycles. The molecule has 2 heterocycles. The van der Waals surface area contributed by atoms with Gasteiger partial charge in [0.05, 0.1) is 32.5 Å². The molecule has 0 radical (unpaired) electrons. The molecule has 8 N–H and O–H groups in total. The molecule has 2 aliphatic heterocycles. The van der Waals surface area contributed by atoms with Crippen molar-refractivity contribution in [3.8, 4) is 0 Å². The monoisotopic (exact) mass is 1730 g/mol. The van der Waals surface area contributed by atoms with Crippen LogP contribution in [0.25, 0.3) is 0 Å². The lowest BCUT2D eigenvalue weighted by Crippen LogP contribution is -2.67. The standard InChI is InChI=1S/C96H181N2O21P/c1-7-13-19-25-31-37-39-40-42-48-54-59-65-70-85(102)113-78(67-61-55-49-43-33-27-21-15-9-3)73-83(100)97-89-92(107)91(106)82(116-95(89)108)77-112-96-90(98-84(101)74-79(68-62-56-50-44-34-28-22-16-10-4)114-86(103)71-64-58-52-46-36-30-24-18-12-6)94(93(81(76-99)117-96)119-120(109,110)111)118-88(105)75-80(69-63-57-51-45-35-29-23-17-11-5)115-87(104)72-66-60-53-47-41-38-32-26-20-14-8-2/h78-82,89-96,99,106-108H,7-77H2,1-6H3,(H,97,100)(H,98,101)(H2,109,110,111)/t78?,79?,80?,81-,82-,89-,90-,91-,92-,93-,94-,95?,96-/m1/s1. The van der Waals surface area contributed by atoms with Gasteiger partial charge in [-0.15, -0.1) is 0 Å². The smallest absolute Gasteiger partial charge is 0.462 e. The summed E-state index contributed by atoms with van der Waals surface area (Å²) < 4.78 is 61.4. The Morgan fingerprint density at radius 2 is 0.608 bits per heavy atom. The SMILES string of the molecule is CCCCCCCCCCCCCCCC(=O)OC(CCCCCCCCCCC)CC(=O)N[C@H]1C(O)O[C@H](CO[C@@H]2O[C@H](CO)[C@@H](OP(=O)(O)O)[C@H](OC(=O)CC(CCCCCCCCCCC)OC(=O)CCCCCCCCCCCCC)[C@H]2NC(=O)CC(CCCCCCCCCCC)OC(=O)CCCCCCCCCCC)[C@@H](O)[C@@H]1O. The molecule has 0 aliphatic carbocycles. The molecular formula is C96H181N2O21P. The molecule has 2 aliphatic rings. The average Bonchev–Trinajstić information content (AvgIpc) is 0.777. The van der Waals surface area contributed by atoms with Gasteiger partial charge in [0.1, 0.15) is 60.9 Å². The third-order valence-corrected chi connectivity index (χ3v) is 24.6. The molecular weight excluding hydrogens is 1550 g/mol. The van der Waals surface area contributed by atoms with Crippen molar-refractivity contribution in [3.05, 3.63) is 0 Å². The van der Waals surface area contributed by atoms with Crippen LogP contribution in [0.15, 0.2) is 0 Å². The maximum Gasteiger partial charge on any atom is 0.470 e. The van der Waals surface area contributed by atoms with Crippen molar-refractivity contribution < 1.29 is 101 Å². The maximum absolute atomic E-state index is 15.0. The molecule has 0 aromatic carbocycles. The Labute approximate surface area is 729 Å². The van der Waals surface area contributed by atoms with Crippen LogP contribution < -0.4 is 10.6 Å². The van der Waals surface area contributed by atoms with E-state index in [0.29, 0.717) is 51.4 Å². The largest absolute Gasteiger partial charge is 0.470 e. The van der Waals surface area contributed by atoms with E-state index in [1.54, 1.807) is 0 Å². The van der Waals surface area contributed by atoms with E-state index < -0.39 is 149 Å². The zero-order chi connectivity index (χ0) is 87.7. The number of amides is 2. The Hall–Kier alpha value is -3.35. The van der Waals surface area contributed by atoms with Gasteiger partial charge in [-0.25, -0.2) is 4.57 Å². The number of phosphoric ester groups is 1. The van der Waals surface area contributed by atoms with Crippen LogP contribution >= 0.6 is 7.82 Å². The minimum atomic E-state index is -5.58. The summed E-state index contributed by atoms with van der Waals surface area (Å²) in [5.74, 6) is -3.84. The number of carbonyl (C=O) groups excluding carboxylic acids is 6. The molecule has 0 spiro atoms. The van der Waals surface area contributed by atoms with Gasteiger partial charge in [0, 0.05) is 19.3 Å². The summed E-state index contributed by atoms with van der Waals surface area (Å²) in [6.07, 6.45) is 46.8. The Balaban J connectivity index is 2.56. The number of hydrogen-bond acceptors (Lipinski definition) is 19. The first-order valence-corrected chi connectivity index (χ1v) is 51.4.